The maximum Gasteiger partial charge on any atom is 0.385 e. The molecule has 0 saturated carbocycles. The number of hydrogen-bond donors (Lipinski definition) is 2. The van der Waals surface area contributed by atoms with Crippen LogP contribution >= 0.6 is 0 Å². The van der Waals surface area contributed by atoms with Crippen LogP contribution in [0.3, 0.4) is 0 Å². The molecule has 0 bridgehead atoms. The number of benzene rings is 1. The highest BCUT2D eigenvalue weighted by Crippen LogP contribution is 2.24. The molecule has 1 aromatic heterocycles. The minimum atomic E-state index is -4.50. The maximum absolute atomic E-state index is 13.5. The van der Waals surface area contributed by atoms with Crippen LogP contribution in [-0.4, -0.2) is 13.6 Å². The summed E-state index contributed by atoms with van der Waals surface area (Å²) in [6.45, 7) is 0. The lowest BCUT2D eigenvalue weighted by Gasteiger charge is -2.03. The number of hydrogen-bond acceptors (Lipinski definition) is 4. The van der Waals surface area contributed by atoms with Crippen molar-refractivity contribution in [2.45, 2.75) is 4.90 Å². The van der Waals surface area contributed by atoms with Crippen LogP contribution in [0.2, 0.25) is 0 Å². The summed E-state index contributed by atoms with van der Waals surface area (Å²) in [6.07, 6.45) is 1.92. The lowest BCUT2D eigenvalue weighted by atomic mass is 10.1. The van der Waals surface area contributed by atoms with E-state index in [2.05, 4.69) is 9.56 Å². The normalized spacial score (nSPS) is 11.7. The molecule has 2 aromatic rings. The minimum Gasteiger partial charge on any atom is -0.408 e. The van der Waals surface area contributed by atoms with E-state index >= 15 is 0 Å². The van der Waals surface area contributed by atoms with Gasteiger partial charge in [0.1, 0.15) is 11.6 Å². The van der Waals surface area contributed by atoms with Crippen molar-refractivity contribution in [2.24, 2.45) is 5.14 Å². The highest BCUT2D eigenvalue weighted by molar-refractivity contribution is 7.89. The Labute approximate surface area is 99.9 Å². The quantitative estimate of drug-likeness (QED) is 0.613. The summed E-state index contributed by atoms with van der Waals surface area (Å²) < 4.78 is 54.0. The molecular weight excluding hydrogens is 270 g/mol. The largest absolute Gasteiger partial charge is 0.408 e. The monoisotopic (exact) mass is 277 g/mol. The van der Waals surface area contributed by atoms with Crippen LogP contribution in [0.4, 0.5) is 8.78 Å². The Morgan fingerprint density at radius 3 is 2.22 bits per heavy atom. The molecule has 0 unspecified atom stereocenters. The first-order valence-electron chi connectivity index (χ1n) is 4.50. The summed E-state index contributed by atoms with van der Waals surface area (Å²) >= 11 is 0. The molecule has 0 fully saturated rings. The second-order valence-corrected chi connectivity index (χ2v) is 4.90. The zero-order valence-electron chi connectivity index (χ0n) is 8.67. The van der Waals surface area contributed by atoms with E-state index in [1.54, 1.807) is 0 Å². The predicted octanol–water partition coefficient (Wildman–Crippen LogP) is 0.397. The SMILES string of the molecule is NS(=O)(=O)c1c(F)cc(-c2coc[n+]2O)cc1F. The molecule has 3 N–H and O–H groups in total. The van der Waals surface area contributed by atoms with Gasteiger partial charge in [0.25, 0.3) is 0 Å². The summed E-state index contributed by atoms with van der Waals surface area (Å²) in [5, 5.41) is 13.9. The van der Waals surface area contributed by atoms with E-state index in [0.717, 1.165) is 24.8 Å². The van der Waals surface area contributed by atoms with Crippen molar-refractivity contribution in [3.8, 4) is 11.3 Å². The van der Waals surface area contributed by atoms with Crippen molar-refractivity contribution in [3.63, 3.8) is 0 Å². The fraction of sp³-hybridized carbons (Fsp3) is 0. The molecule has 96 valence electrons. The second-order valence-electron chi connectivity index (χ2n) is 3.40. The van der Waals surface area contributed by atoms with Gasteiger partial charge in [-0.15, -0.1) is 0 Å². The van der Waals surface area contributed by atoms with E-state index in [9.17, 15) is 22.4 Å². The lowest BCUT2D eigenvalue weighted by molar-refractivity contribution is -0.898. The molecule has 2 rings (SSSR count). The fourth-order valence-corrected chi connectivity index (χ4v) is 2.10. The minimum absolute atomic E-state index is 0.0474. The standard InChI is InChI=1S/C9H7F2N2O4S/c10-6-1-5(8-3-17-4-13(8)14)2-7(11)9(6)18(12,15)16/h1-4,14H,(H2,12,15,16)/q+1. The van der Waals surface area contributed by atoms with E-state index < -0.39 is 26.6 Å². The highest BCUT2D eigenvalue weighted by atomic mass is 32.2. The van der Waals surface area contributed by atoms with Crippen LogP contribution in [0.15, 0.2) is 34.1 Å². The lowest BCUT2D eigenvalue weighted by Crippen LogP contribution is -2.29. The van der Waals surface area contributed by atoms with E-state index in [-0.39, 0.29) is 11.3 Å². The summed E-state index contributed by atoms with van der Waals surface area (Å²) in [5.74, 6) is -2.71. The molecule has 1 heterocycles. The Balaban J connectivity index is 2.68. The molecule has 1 aromatic carbocycles. The molecule has 0 aliphatic heterocycles. The average Bonchev–Trinajstić information content (AvgIpc) is 2.60. The Kier molecular flexibility index (Phi) is 2.79. The number of halogens is 2. The van der Waals surface area contributed by atoms with Gasteiger partial charge >= 0.3 is 12.1 Å². The number of nitrogens with zero attached hydrogens (tertiary/aromatic N) is 1. The number of primary sulfonamides is 1. The summed E-state index contributed by atoms with van der Waals surface area (Å²) in [4.78, 5) is -1.22. The fourth-order valence-electron chi connectivity index (χ4n) is 1.44. The van der Waals surface area contributed by atoms with Gasteiger partial charge in [0.2, 0.25) is 10.0 Å². The van der Waals surface area contributed by atoms with Gasteiger partial charge in [0.15, 0.2) is 11.2 Å². The third kappa shape index (κ3) is 2.05. The zero-order chi connectivity index (χ0) is 13.5. The van der Waals surface area contributed by atoms with Crippen molar-refractivity contribution in [3.05, 3.63) is 36.4 Å². The molecule has 0 aliphatic rings. The van der Waals surface area contributed by atoms with Crippen LogP contribution in [0, 0.1) is 11.6 Å². The van der Waals surface area contributed by atoms with Crippen LogP contribution in [0.1, 0.15) is 0 Å². The summed E-state index contributed by atoms with van der Waals surface area (Å²) in [5.41, 5.74) is -0.151. The average molecular weight is 277 g/mol. The van der Waals surface area contributed by atoms with Crippen LogP contribution in [0.5, 0.6) is 0 Å². The van der Waals surface area contributed by atoms with Gasteiger partial charge in [-0.2, -0.15) is 0 Å². The van der Waals surface area contributed by atoms with Crippen molar-refractivity contribution in [2.75, 3.05) is 0 Å². The molecular formula is C9H7F2N2O4S+. The Morgan fingerprint density at radius 1 is 1.28 bits per heavy atom. The molecule has 18 heavy (non-hydrogen) atoms. The van der Waals surface area contributed by atoms with Crippen LogP contribution in [-0.2, 0) is 10.0 Å². The van der Waals surface area contributed by atoms with E-state index in [1.165, 1.54) is 0 Å². The van der Waals surface area contributed by atoms with Crippen molar-refractivity contribution in [1.82, 2.24) is 0 Å². The maximum atomic E-state index is 13.5. The van der Waals surface area contributed by atoms with Crippen molar-refractivity contribution >= 4 is 10.0 Å². The Morgan fingerprint density at radius 2 is 1.83 bits per heavy atom. The van der Waals surface area contributed by atoms with Crippen molar-refractivity contribution < 1.29 is 31.6 Å². The van der Waals surface area contributed by atoms with E-state index in [1.807, 2.05) is 0 Å². The molecule has 0 radical (unpaired) electrons. The topological polar surface area (TPSA) is 97.4 Å². The molecule has 0 aliphatic carbocycles. The summed E-state index contributed by atoms with van der Waals surface area (Å²) in [7, 11) is -4.50. The molecule has 0 atom stereocenters. The van der Waals surface area contributed by atoms with E-state index in [4.69, 9.17) is 0 Å². The van der Waals surface area contributed by atoms with Crippen molar-refractivity contribution in [1.29, 1.82) is 0 Å². The summed E-state index contributed by atoms with van der Waals surface area (Å²) in [6, 6.07) is 1.45. The number of nitrogens with two attached hydrogens (primary N) is 1. The van der Waals surface area contributed by atoms with Crippen LogP contribution in [0.25, 0.3) is 11.3 Å². The molecule has 6 nitrogen and oxygen atoms in total. The predicted molar refractivity (Wildman–Crippen MR) is 52.8 cm³/mol. The zero-order valence-corrected chi connectivity index (χ0v) is 9.49. The third-order valence-electron chi connectivity index (χ3n) is 2.17. The third-order valence-corrected chi connectivity index (χ3v) is 3.12. The molecule has 0 saturated heterocycles. The highest BCUT2D eigenvalue weighted by Gasteiger charge is 2.25. The smallest absolute Gasteiger partial charge is 0.385 e. The van der Waals surface area contributed by atoms with Gasteiger partial charge < -0.3 is 4.42 Å². The Hall–Kier alpha value is -2.00. The Bertz CT molecular complexity index is 688. The van der Waals surface area contributed by atoms with Gasteiger partial charge in [-0.05, 0) is 12.1 Å². The number of aromatic nitrogens is 1. The van der Waals surface area contributed by atoms with Crippen LogP contribution < -0.4 is 9.87 Å². The number of rotatable bonds is 2. The molecule has 9 heteroatoms. The van der Waals surface area contributed by atoms with Gasteiger partial charge in [0.05, 0.1) is 10.3 Å². The molecule has 0 spiro atoms. The van der Waals surface area contributed by atoms with Gasteiger partial charge in [-0.1, -0.05) is 0 Å². The van der Waals surface area contributed by atoms with Gasteiger partial charge in [0, 0.05) is 0 Å². The first-order chi connectivity index (χ1) is 8.30. The first-order valence-corrected chi connectivity index (χ1v) is 6.04. The molecule has 0 amide bonds. The van der Waals surface area contributed by atoms with E-state index in [0.29, 0.717) is 4.73 Å². The second kappa shape index (κ2) is 4.03. The van der Waals surface area contributed by atoms with Gasteiger partial charge in [-0.25, -0.2) is 22.3 Å². The van der Waals surface area contributed by atoms with Gasteiger partial charge in [-0.3, -0.25) is 5.21 Å². The number of oxazole rings is 1. The first kappa shape index (κ1) is 12.5. The number of sulfonamides is 1.